The Labute approximate surface area is 208 Å². The fourth-order valence-corrected chi connectivity index (χ4v) is 5.63. The fourth-order valence-electron chi connectivity index (χ4n) is 5.23. The lowest BCUT2D eigenvalue weighted by Crippen LogP contribution is -2.51. The molecule has 2 fully saturated rings. The molecule has 1 unspecified atom stereocenters. The summed E-state index contributed by atoms with van der Waals surface area (Å²) in [5.74, 6) is 1.54. The molecule has 1 saturated heterocycles. The number of thiol groups is 2. The van der Waals surface area contributed by atoms with Crippen LogP contribution in [0.3, 0.4) is 0 Å². The summed E-state index contributed by atoms with van der Waals surface area (Å²) in [6, 6.07) is 6.74. The largest absolute Gasteiger partial charge is 0.354 e. The predicted octanol–water partition coefficient (Wildman–Crippen LogP) is 3.41. The average molecular weight is 496 g/mol. The highest BCUT2D eigenvalue weighted by Gasteiger charge is 2.54. The first-order valence-electron chi connectivity index (χ1n) is 12.2. The number of likely N-dealkylation sites (tertiary alicyclic amines) is 1. The molecular weight excluding hydrogens is 457 g/mol. The fraction of sp³-hybridized carbons (Fsp3) is 0.680. The molecule has 1 N–H and O–H groups in total. The third kappa shape index (κ3) is 7.20. The lowest BCUT2D eigenvalue weighted by Gasteiger charge is -2.45. The van der Waals surface area contributed by atoms with Gasteiger partial charge in [-0.1, -0.05) is 19.1 Å². The number of amides is 1. The van der Waals surface area contributed by atoms with E-state index in [9.17, 15) is 14.0 Å². The number of rotatable bonds is 13. The second-order valence-corrected chi connectivity index (χ2v) is 10.3. The molecule has 2 atom stereocenters. The van der Waals surface area contributed by atoms with Crippen LogP contribution >= 0.6 is 25.3 Å². The van der Waals surface area contributed by atoms with Crippen LogP contribution in [0.5, 0.6) is 0 Å². The van der Waals surface area contributed by atoms with Crippen molar-refractivity contribution in [2.75, 3.05) is 50.8 Å². The molecule has 1 aliphatic heterocycles. The number of halogens is 1. The molecule has 0 radical (unpaired) electrons. The summed E-state index contributed by atoms with van der Waals surface area (Å²) in [6.45, 7) is 6.18. The van der Waals surface area contributed by atoms with Gasteiger partial charge in [0.25, 0.3) is 0 Å². The maximum Gasteiger partial charge on any atom is 0.234 e. The highest BCUT2D eigenvalue weighted by molar-refractivity contribution is 7.80. The SMILES string of the molecule is CCC(=O)C1CN(CCCN(CCS)CC(=O)NCCS)C2(CC2)C[C@H]1c1ccc(F)cc1. The molecule has 184 valence electrons. The van der Waals surface area contributed by atoms with E-state index in [-0.39, 0.29) is 29.1 Å². The van der Waals surface area contributed by atoms with Gasteiger partial charge in [0.1, 0.15) is 11.6 Å². The van der Waals surface area contributed by atoms with E-state index in [0.29, 0.717) is 36.8 Å². The second-order valence-electron chi connectivity index (χ2n) is 9.39. The molecule has 1 amide bonds. The lowest BCUT2D eigenvalue weighted by molar-refractivity contribution is -0.126. The number of Topliss-reactive ketones (excluding diaryl/α,β-unsaturated/α-hetero) is 1. The van der Waals surface area contributed by atoms with Gasteiger partial charge in [-0.2, -0.15) is 25.3 Å². The van der Waals surface area contributed by atoms with Crippen molar-refractivity contribution in [2.45, 2.75) is 50.5 Å². The van der Waals surface area contributed by atoms with Crippen LogP contribution in [-0.4, -0.2) is 77.8 Å². The highest BCUT2D eigenvalue weighted by atomic mass is 32.1. The maximum atomic E-state index is 13.5. The number of nitrogens with one attached hydrogen (secondary N) is 1. The van der Waals surface area contributed by atoms with Crippen LogP contribution in [0, 0.1) is 11.7 Å². The number of hydrogen-bond donors (Lipinski definition) is 3. The van der Waals surface area contributed by atoms with Crippen molar-refractivity contribution in [3.63, 3.8) is 0 Å². The van der Waals surface area contributed by atoms with Crippen LogP contribution in [-0.2, 0) is 9.59 Å². The summed E-state index contributed by atoms with van der Waals surface area (Å²) >= 11 is 8.49. The lowest BCUT2D eigenvalue weighted by atomic mass is 9.74. The maximum absolute atomic E-state index is 13.5. The Morgan fingerprint density at radius 1 is 1.18 bits per heavy atom. The zero-order chi connectivity index (χ0) is 23.8. The minimum absolute atomic E-state index is 0.0261. The molecule has 0 aromatic heterocycles. The summed E-state index contributed by atoms with van der Waals surface area (Å²) in [5, 5.41) is 2.88. The number of carbonyl (C=O) groups excluding carboxylic acids is 2. The minimum atomic E-state index is -0.235. The summed E-state index contributed by atoms with van der Waals surface area (Å²) in [4.78, 5) is 29.7. The van der Waals surface area contributed by atoms with Gasteiger partial charge in [0.15, 0.2) is 0 Å². The zero-order valence-electron chi connectivity index (χ0n) is 19.6. The molecule has 0 bridgehead atoms. The Balaban J connectivity index is 1.62. The van der Waals surface area contributed by atoms with Crippen LogP contribution in [0.1, 0.15) is 50.5 Å². The number of hydrogen-bond acceptors (Lipinski definition) is 6. The number of carbonyl (C=O) groups is 2. The van der Waals surface area contributed by atoms with Crippen molar-refractivity contribution in [1.82, 2.24) is 15.1 Å². The first kappa shape index (κ1) is 26.5. The smallest absolute Gasteiger partial charge is 0.234 e. The molecule has 8 heteroatoms. The number of ketones is 1. The number of benzene rings is 1. The third-order valence-corrected chi connectivity index (χ3v) is 7.60. The topological polar surface area (TPSA) is 52.7 Å². The van der Waals surface area contributed by atoms with Gasteiger partial charge in [0.05, 0.1) is 6.54 Å². The Kier molecular flexibility index (Phi) is 10.1. The number of nitrogens with zero attached hydrogens (tertiary/aromatic N) is 2. The molecule has 5 nitrogen and oxygen atoms in total. The van der Waals surface area contributed by atoms with Gasteiger partial charge in [0, 0.05) is 49.0 Å². The van der Waals surface area contributed by atoms with Crippen molar-refractivity contribution in [3.05, 3.63) is 35.6 Å². The van der Waals surface area contributed by atoms with Gasteiger partial charge in [-0.25, -0.2) is 4.39 Å². The summed E-state index contributed by atoms with van der Waals surface area (Å²) in [7, 11) is 0. The zero-order valence-corrected chi connectivity index (χ0v) is 21.4. The number of piperidine rings is 1. The van der Waals surface area contributed by atoms with Crippen molar-refractivity contribution in [3.8, 4) is 0 Å². The van der Waals surface area contributed by atoms with E-state index in [0.717, 1.165) is 57.4 Å². The van der Waals surface area contributed by atoms with E-state index in [4.69, 9.17) is 0 Å². The third-order valence-electron chi connectivity index (χ3n) is 7.18. The summed E-state index contributed by atoms with van der Waals surface area (Å²) in [6.07, 6.45) is 4.75. The van der Waals surface area contributed by atoms with Gasteiger partial charge < -0.3 is 5.32 Å². The van der Waals surface area contributed by atoms with E-state index >= 15 is 0 Å². The van der Waals surface area contributed by atoms with E-state index in [1.54, 1.807) is 0 Å². The molecule has 1 heterocycles. The standard InChI is InChI=1S/C25H38FN3O2S2/c1-2-23(30)22-17-29(12-3-11-28(13-15-33)18-24(31)27-10-14-32)25(8-9-25)16-21(22)19-4-6-20(26)7-5-19/h4-7,21-22,32-33H,2-3,8-18H2,1H3,(H,27,31)/t21-,22?/m0/s1. The Bertz CT molecular complexity index is 788. The second kappa shape index (κ2) is 12.6. The van der Waals surface area contributed by atoms with Crippen molar-refractivity contribution < 1.29 is 14.0 Å². The van der Waals surface area contributed by atoms with Crippen molar-refractivity contribution in [1.29, 1.82) is 0 Å². The molecule has 2 aliphatic rings. The summed E-state index contributed by atoms with van der Waals surface area (Å²) in [5.41, 5.74) is 1.25. The Morgan fingerprint density at radius 2 is 1.91 bits per heavy atom. The van der Waals surface area contributed by atoms with Crippen molar-refractivity contribution >= 4 is 36.9 Å². The van der Waals surface area contributed by atoms with Crippen LogP contribution in [0.4, 0.5) is 4.39 Å². The van der Waals surface area contributed by atoms with Gasteiger partial charge >= 0.3 is 0 Å². The van der Waals surface area contributed by atoms with E-state index < -0.39 is 0 Å². The first-order chi connectivity index (χ1) is 15.9. The first-order valence-corrected chi connectivity index (χ1v) is 13.4. The molecule has 1 aliphatic carbocycles. The van der Waals surface area contributed by atoms with Crippen LogP contribution in [0.15, 0.2) is 24.3 Å². The van der Waals surface area contributed by atoms with Gasteiger partial charge in [-0.3, -0.25) is 19.4 Å². The Morgan fingerprint density at radius 3 is 2.52 bits per heavy atom. The quantitative estimate of drug-likeness (QED) is 0.367. The predicted molar refractivity (Wildman–Crippen MR) is 138 cm³/mol. The van der Waals surface area contributed by atoms with Gasteiger partial charge in [-0.05, 0) is 62.4 Å². The molecular formula is C25H38FN3O2S2. The minimum Gasteiger partial charge on any atom is -0.354 e. The van der Waals surface area contributed by atoms with Gasteiger partial charge in [-0.15, -0.1) is 0 Å². The van der Waals surface area contributed by atoms with Crippen LogP contribution in [0.2, 0.25) is 0 Å². The van der Waals surface area contributed by atoms with Gasteiger partial charge in [0.2, 0.25) is 5.91 Å². The summed E-state index contributed by atoms with van der Waals surface area (Å²) < 4.78 is 13.5. The Hall–Kier alpha value is -1.09. The molecule has 1 saturated carbocycles. The van der Waals surface area contributed by atoms with E-state index in [1.807, 2.05) is 19.1 Å². The van der Waals surface area contributed by atoms with E-state index in [1.165, 1.54) is 12.1 Å². The molecule has 1 spiro atoms. The monoisotopic (exact) mass is 495 g/mol. The normalized spacial score (nSPS) is 22.0. The average Bonchev–Trinajstić information content (AvgIpc) is 3.58. The molecule has 1 aromatic rings. The van der Waals surface area contributed by atoms with Crippen LogP contribution in [0.25, 0.3) is 0 Å². The molecule has 3 rings (SSSR count). The molecule has 1 aromatic carbocycles. The van der Waals surface area contributed by atoms with E-state index in [2.05, 4.69) is 40.4 Å². The molecule has 33 heavy (non-hydrogen) atoms. The van der Waals surface area contributed by atoms with Crippen LogP contribution < -0.4 is 5.32 Å². The highest BCUT2D eigenvalue weighted by Crippen LogP contribution is 2.54. The van der Waals surface area contributed by atoms with Crippen molar-refractivity contribution in [2.24, 2.45) is 5.92 Å².